The second kappa shape index (κ2) is 8.50. The number of carbonyl (C=O) groups is 2. The van der Waals surface area contributed by atoms with Gasteiger partial charge in [0.05, 0.1) is 11.9 Å². The number of likely N-dealkylation sites (N-methyl/N-ethyl adjacent to an activating group) is 1. The van der Waals surface area contributed by atoms with Crippen LogP contribution in [0.3, 0.4) is 0 Å². The van der Waals surface area contributed by atoms with Crippen LogP contribution >= 0.6 is 0 Å². The van der Waals surface area contributed by atoms with Crippen molar-refractivity contribution in [2.75, 3.05) is 51.7 Å². The van der Waals surface area contributed by atoms with E-state index in [4.69, 9.17) is 0 Å². The summed E-state index contributed by atoms with van der Waals surface area (Å²) in [4.78, 5) is 33.9. The Kier molecular flexibility index (Phi) is 6.37. The third-order valence-corrected chi connectivity index (χ3v) is 3.92. The fourth-order valence-corrected chi connectivity index (χ4v) is 2.46. The Morgan fingerprint density at radius 3 is 2.72 bits per heavy atom. The highest BCUT2D eigenvalue weighted by Gasteiger charge is 2.27. The zero-order valence-electron chi connectivity index (χ0n) is 15.4. The van der Waals surface area contributed by atoms with Crippen LogP contribution in [0.5, 0.6) is 0 Å². The van der Waals surface area contributed by atoms with E-state index in [9.17, 15) is 9.59 Å². The summed E-state index contributed by atoms with van der Waals surface area (Å²) in [6.07, 6.45) is 4.45. The van der Waals surface area contributed by atoms with Gasteiger partial charge in [0.25, 0.3) is 0 Å². The minimum absolute atomic E-state index is 0.0100. The number of hydrogen-bond donors (Lipinski definition) is 1. The van der Waals surface area contributed by atoms with Gasteiger partial charge in [0.15, 0.2) is 5.96 Å². The van der Waals surface area contributed by atoms with Gasteiger partial charge in [-0.25, -0.2) is 4.99 Å². The van der Waals surface area contributed by atoms with Crippen LogP contribution in [-0.2, 0) is 16.6 Å². The minimum Gasteiger partial charge on any atom is -0.356 e. The zero-order valence-corrected chi connectivity index (χ0v) is 15.4. The quantitative estimate of drug-likeness (QED) is 0.573. The number of guanidine groups is 1. The first-order valence-corrected chi connectivity index (χ1v) is 8.44. The Morgan fingerprint density at radius 1 is 1.40 bits per heavy atom. The normalized spacial score (nSPS) is 15.5. The van der Waals surface area contributed by atoms with Crippen molar-refractivity contribution in [2.24, 2.45) is 12.0 Å². The first-order chi connectivity index (χ1) is 11.9. The van der Waals surface area contributed by atoms with Crippen LogP contribution in [0.2, 0.25) is 0 Å². The molecule has 1 fully saturated rings. The molecule has 1 N–H and O–H groups in total. The van der Waals surface area contributed by atoms with E-state index in [1.807, 2.05) is 18.1 Å². The van der Waals surface area contributed by atoms with Crippen molar-refractivity contribution >= 4 is 23.5 Å². The molecule has 0 aromatic carbocycles. The molecule has 0 bridgehead atoms. The van der Waals surface area contributed by atoms with Crippen molar-refractivity contribution in [2.45, 2.75) is 13.3 Å². The monoisotopic (exact) mass is 349 g/mol. The number of nitrogens with one attached hydrogen (secondary N) is 1. The number of rotatable bonds is 5. The third-order valence-electron chi connectivity index (χ3n) is 3.92. The molecule has 0 atom stereocenters. The first-order valence-electron chi connectivity index (χ1n) is 8.44. The maximum atomic E-state index is 12.5. The molecule has 0 spiro atoms. The lowest BCUT2D eigenvalue weighted by Crippen LogP contribution is -2.55. The van der Waals surface area contributed by atoms with Gasteiger partial charge >= 0.3 is 0 Å². The summed E-state index contributed by atoms with van der Waals surface area (Å²) < 4.78 is 1.68. The fourth-order valence-electron chi connectivity index (χ4n) is 2.46. The van der Waals surface area contributed by atoms with Crippen molar-refractivity contribution in [3.63, 3.8) is 0 Å². The molecule has 0 unspecified atom stereocenters. The zero-order chi connectivity index (χ0) is 18.4. The van der Waals surface area contributed by atoms with Crippen molar-refractivity contribution in [1.29, 1.82) is 0 Å². The highest BCUT2D eigenvalue weighted by atomic mass is 16.2. The number of hydrogen-bond acceptors (Lipinski definition) is 4. The van der Waals surface area contributed by atoms with Gasteiger partial charge in [0.1, 0.15) is 13.1 Å². The van der Waals surface area contributed by atoms with Crippen LogP contribution in [0.15, 0.2) is 17.4 Å². The van der Waals surface area contributed by atoms with Gasteiger partial charge in [-0.3, -0.25) is 14.3 Å². The predicted molar refractivity (Wildman–Crippen MR) is 96.4 cm³/mol. The number of amides is 2. The first kappa shape index (κ1) is 18.8. The van der Waals surface area contributed by atoms with E-state index >= 15 is 0 Å². The topological polar surface area (TPSA) is 86.1 Å². The smallest absolute Gasteiger partial charge is 0.246 e. The predicted octanol–water partition coefficient (Wildman–Crippen LogP) is -0.487. The van der Waals surface area contributed by atoms with Gasteiger partial charge in [0.2, 0.25) is 11.8 Å². The number of aryl methyl sites for hydroxylation is 1. The van der Waals surface area contributed by atoms with Crippen molar-refractivity contribution in [3.8, 4) is 0 Å². The average molecular weight is 349 g/mol. The maximum Gasteiger partial charge on any atom is 0.246 e. The largest absolute Gasteiger partial charge is 0.356 e. The third kappa shape index (κ3) is 4.94. The molecule has 1 aromatic heterocycles. The molecule has 1 saturated heterocycles. The fraction of sp³-hybridized carbons (Fsp3) is 0.625. The number of aliphatic imine (C=N–C) groups is 1. The molecule has 0 saturated carbocycles. The Morgan fingerprint density at radius 2 is 2.16 bits per heavy atom. The van der Waals surface area contributed by atoms with Gasteiger partial charge in [-0.15, -0.1) is 0 Å². The van der Waals surface area contributed by atoms with Gasteiger partial charge in [-0.1, -0.05) is 6.92 Å². The second-order valence-corrected chi connectivity index (χ2v) is 6.19. The molecule has 9 heteroatoms. The lowest BCUT2D eigenvalue weighted by Gasteiger charge is -2.35. The summed E-state index contributed by atoms with van der Waals surface area (Å²) in [5, 5.41) is 7.35. The molecule has 25 heavy (non-hydrogen) atoms. The minimum atomic E-state index is -0.0730. The van der Waals surface area contributed by atoms with E-state index in [0.29, 0.717) is 19.0 Å². The van der Waals surface area contributed by atoms with Crippen LogP contribution in [-0.4, -0.2) is 84.2 Å². The standard InChI is InChI=1S/C16H27N7O2/c1-5-6-17-16(18-10-14(24)20(2)3)22-7-8-23(15(25)12-22)13-9-19-21(4)11-13/h9,11H,5-8,10,12H2,1-4H3,(H,17,18). The van der Waals surface area contributed by atoms with Crippen LogP contribution in [0, 0.1) is 0 Å². The van der Waals surface area contributed by atoms with Crippen LogP contribution in [0.1, 0.15) is 13.3 Å². The molecule has 9 nitrogen and oxygen atoms in total. The SMILES string of the molecule is CCCNC(=NCC(=O)N(C)C)N1CCN(c2cnn(C)c2)C(=O)C1. The van der Waals surface area contributed by atoms with Gasteiger partial charge in [-0.2, -0.15) is 5.10 Å². The van der Waals surface area contributed by atoms with Gasteiger partial charge in [0, 0.05) is 47.0 Å². The number of piperazine rings is 1. The van der Waals surface area contributed by atoms with Crippen LogP contribution < -0.4 is 10.2 Å². The van der Waals surface area contributed by atoms with Crippen LogP contribution in [0.4, 0.5) is 5.69 Å². The molecule has 1 aliphatic rings. The summed E-state index contributed by atoms with van der Waals surface area (Å²) in [5.74, 6) is 0.525. The molecule has 1 aromatic rings. The number of aromatic nitrogens is 2. The van der Waals surface area contributed by atoms with E-state index < -0.39 is 0 Å². The van der Waals surface area contributed by atoms with E-state index in [0.717, 1.165) is 18.7 Å². The molecular weight excluding hydrogens is 322 g/mol. The second-order valence-electron chi connectivity index (χ2n) is 6.19. The number of anilines is 1. The van der Waals surface area contributed by atoms with E-state index in [1.165, 1.54) is 4.90 Å². The van der Waals surface area contributed by atoms with Gasteiger partial charge in [-0.05, 0) is 6.42 Å². The summed E-state index contributed by atoms with van der Waals surface area (Å²) in [7, 11) is 5.23. The Balaban J connectivity index is 2.05. The lowest BCUT2D eigenvalue weighted by molar-refractivity contribution is -0.127. The highest BCUT2D eigenvalue weighted by molar-refractivity contribution is 5.98. The van der Waals surface area contributed by atoms with E-state index in [2.05, 4.69) is 22.3 Å². The van der Waals surface area contributed by atoms with Crippen molar-refractivity contribution in [3.05, 3.63) is 12.4 Å². The lowest BCUT2D eigenvalue weighted by atomic mass is 10.3. The molecule has 2 heterocycles. The summed E-state index contributed by atoms with van der Waals surface area (Å²) in [6, 6.07) is 0. The number of carbonyl (C=O) groups excluding carboxylic acids is 2. The molecule has 138 valence electrons. The molecular formula is C16H27N7O2. The highest BCUT2D eigenvalue weighted by Crippen LogP contribution is 2.16. The van der Waals surface area contributed by atoms with Crippen LogP contribution in [0.25, 0.3) is 0 Å². The van der Waals surface area contributed by atoms with Crippen molar-refractivity contribution in [1.82, 2.24) is 24.9 Å². The Labute approximate surface area is 148 Å². The molecule has 1 aliphatic heterocycles. The summed E-state index contributed by atoms with van der Waals surface area (Å²) in [6.45, 7) is 4.29. The average Bonchev–Trinajstić information content (AvgIpc) is 3.00. The van der Waals surface area contributed by atoms with Gasteiger partial charge < -0.3 is 20.0 Å². The molecule has 2 amide bonds. The summed E-state index contributed by atoms with van der Waals surface area (Å²) in [5.41, 5.74) is 0.801. The number of nitrogens with zero attached hydrogens (tertiary/aromatic N) is 6. The Hall–Kier alpha value is -2.58. The maximum absolute atomic E-state index is 12.5. The van der Waals surface area contributed by atoms with E-state index in [1.54, 1.807) is 29.9 Å². The Bertz CT molecular complexity index is 638. The molecule has 2 rings (SSSR count). The van der Waals surface area contributed by atoms with Crippen molar-refractivity contribution < 1.29 is 9.59 Å². The summed E-state index contributed by atoms with van der Waals surface area (Å²) >= 11 is 0. The molecule has 0 aliphatic carbocycles. The molecule has 0 radical (unpaired) electrons. The van der Waals surface area contributed by atoms with E-state index in [-0.39, 0.29) is 24.9 Å².